The van der Waals surface area contributed by atoms with E-state index in [1.54, 1.807) is 6.07 Å². The third-order valence-electron chi connectivity index (χ3n) is 5.47. The van der Waals surface area contributed by atoms with Crippen molar-refractivity contribution < 1.29 is 26.3 Å². The molecule has 0 bridgehead atoms. The molecule has 4 aromatic rings. The Morgan fingerprint density at radius 1 is 0.625 bits per heavy atom. The van der Waals surface area contributed by atoms with Crippen LogP contribution in [0.3, 0.4) is 0 Å². The molecule has 0 heterocycles. The van der Waals surface area contributed by atoms with Crippen molar-refractivity contribution in [3.8, 4) is 22.3 Å². The summed E-state index contributed by atoms with van der Waals surface area (Å²) in [5.74, 6) is -6.89. The summed E-state index contributed by atoms with van der Waals surface area (Å²) in [6, 6.07) is 10.9. The molecule has 0 aliphatic heterocycles. The van der Waals surface area contributed by atoms with E-state index < -0.39 is 40.5 Å². The van der Waals surface area contributed by atoms with Gasteiger partial charge < -0.3 is 0 Å². The van der Waals surface area contributed by atoms with E-state index in [2.05, 4.69) is 0 Å². The summed E-state index contributed by atoms with van der Waals surface area (Å²) >= 11 is 0. The molecule has 0 unspecified atom stereocenters. The number of hydrogen-bond acceptors (Lipinski definition) is 0. The van der Waals surface area contributed by atoms with Crippen molar-refractivity contribution in [2.45, 2.75) is 26.2 Å². The van der Waals surface area contributed by atoms with Crippen LogP contribution < -0.4 is 0 Å². The molecule has 0 N–H and O–H groups in total. The van der Waals surface area contributed by atoms with Crippen molar-refractivity contribution in [3.63, 3.8) is 0 Å². The Hall–Kier alpha value is -3.28. The molecular formula is C26H18F6. The lowest BCUT2D eigenvalue weighted by molar-refractivity contribution is 0.453. The van der Waals surface area contributed by atoms with Crippen LogP contribution in [-0.4, -0.2) is 0 Å². The molecule has 0 saturated heterocycles. The number of benzene rings is 4. The number of aryl methyl sites for hydroxylation is 1. The highest BCUT2D eigenvalue weighted by Gasteiger charge is 2.19. The van der Waals surface area contributed by atoms with E-state index in [-0.39, 0.29) is 27.5 Å². The zero-order chi connectivity index (χ0) is 23.0. The maximum Gasteiger partial charge on any atom is 0.195 e. The van der Waals surface area contributed by atoms with Crippen molar-refractivity contribution in [1.82, 2.24) is 0 Å². The second-order valence-corrected chi connectivity index (χ2v) is 7.65. The topological polar surface area (TPSA) is 0 Å². The molecule has 0 nitrogen and oxygen atoms in total. The van der Waals surface area contributed by atoms with Gasteiger partial charge >= 0.3 is 0 Å². The lowest BCUT2D eigenvalue weighted by Crippen LogP contribution is -1.96. The molecular weight excluding hydrogens is 426 g/mol. The fourth-order valence-electron chi connectivity index (χ4n) is 3.79. The number of unbranched alkanes of at least 4 members (excludes halogenated alkanes) is 1. The van der Waals surface area contributed by atoms with Crippen LogP contribution in [0.25, 0.3) is 33.0 Å². The van der Waals surface area contributed by atoms with E-state index in [0.717, 1.165) is 42.7 Å². The van der Waals surface area contributed by atoms with E-state index in [0.29, 0.717) is 6.42 Å². The average molecular weight is 444 g/mol. The van der Waals surface area contributed by atoms with Crippen LogP contribution in [0.2, 0.25) is 0 Å². The van der Waals surface area contributed by atoms with E-state index in [1.165, 1.54) is 24.3 Å². The lowest BCUT2D eigenvalue weighted by Gasteiger charge is -2.12. The van der Waals surface area contributed by atoms with Gasteiger partial charge in [0.1, 0.15) is 17.5 Å². The minimum absolute atomic E-state index is 0.0137. The molecule has 0 atom stereocenters. The quantitative estimate of drug-likeness (QED) is 0.214. The predicted molar refractivity (Wildman–Crippen MR) is 113 cm³/mol. The van der Waals surface area contributed by atoms with Crippen molar-refractivity contribution in [2.75, 3.05) is 0 Å². The van der Waals surface area contributed by atoms with Crippen molar-refractivity contribution in [2.24, 2.45) is 0 Å². The molecule has 0 amide bonds. The molecule has 6 heteroatoms. The Labute approximate surface area is 181 Å². The standard InChI is InChI=1S/C26H18F6/c1-2-3-4-14-5-7-18(20(27)9-14)17-11-21(28)24(22(29)12-17)15-6-8-19-16(10-15)13-23(30)26(32)25(19)31/h5-13H,2-4H2,1H3. The molecule has 4 rings (SSSR count). The van der Waals surface area contributed by atoms with Crippen LogP contribution in [0.1, 0.15) is 25.3 Å². The number of hydrogen-bond donors (Lipinski definition) is 0. The summed E-state index contributed by atoms with van der Waals surface area (Å²) < 4.78 is 85.4. The second-order valence-electron chi connectivity index (χ2n) is 7.65. The van der Waals surface area contributed by atoms with Gasteiger partial charge in [-0.25, -0.2) is 26.3 Å². The number of fused-ring (bicyclic) bond motifs is 1. The summed E-state index contributed by atoms with van der Waals surface area (Å²) in [6.07, 6.45) is 2.58. The van der Waals surface area contributed by atoms with Crippen LogP contribution in [0.15, 0.2) is 54.6 Å². The number of rotatable bonds is 5. The minimum Gasteiger partial charge on any atom is -0.206 e. The molecule has 0 aliphatic rings. The van der Waals surface area contributed by atoms with E-state index in [1.807, 2.05) is 6.92 Å². The second kappa shape index (κ2) is 8.69. The van der Waals surface area contributed by atoms with Crippen LogP contribution in [0.4, 0.5) is 26.3 Å². The first-order valence-corrected chi connectivity index (χ1v) is 10.2. The van der Waals surface area contributed by atoms with Crippen LogP contribution in [-0.2, 0) is 6.42 Å². The van der Waals surface area contributed by atoms with Gasteiger partial charge in [0.25, 0.3) is 0 Å². The average Bonchev–Trinajstić information content (AvgIpc) is 2.75. The summed E-state index contributed by atoms with van der Waals surface area (Å²) in [6.45, 7) is 2.03. The van der Waals surface area contributed by atoms with Crippen molar-refractivity contribution in [3.05, 3.63) is 95.1 Å². The summed E-state index contributed by atoms with van der Waals surface area (Å²) in [5.41, 5.74) is 0.481. The zero-order valence-corrected chi connectivity index (χ0v) is 17.1. The van der Waals surface area contributed by atoms with E-state index in [4.69, 9.17) is 0 Å². The largest absolute Gasteiger partial charge is 0.206 e. The van der Waals surface area contributed by atoms with Gasteiger partial charge in [-0.3, -0.25) is 0 Å². The lowest BCUT2D eigenvalue weighted by atomic mass is 9.96. The molecule has 32 heavy (non-hydrogen) atoms. The monoisotopic (exact) mass is 444 g/mol. The third kappa shape index (κ3) is 3.97. The normalized spacial score (nSPS) is 11.3. The summed E-state index contributed by atoms with van der Waals surface area (Å²) in [7, 11) is 0. The highest BCUT2D eigenvalue weighted by molar-refractivity contribution is 5.88. The minimum atomic E-state index is -1.62. The SMILES string of the molecule is CCCCc1ccc(-c2cc(F)c(-c3ccc4c(F)c(F)c(F)cc4c3)c(F)c2)c(F)c1. The number of halogens is 6. The molecule has 4 aromatic carbocycles. The van der Waals surface area contributed by atoms with E-state index >= 15 is 0 Å². The Balaban J connectivity index is 1.76. The van der Waals surface area contributed by atoms with Gasteiger partial charge in [0.15, 0.2) is 17.5 Å². The van der Waals surface area contributed by atoms with Gasteiger partial charge in [0.05, 0.1) is 5.56 Å². The maximum absolute atomic E-state index is 14.9. The van der Waals surface area contributed by atoms with Gasteiger partial charge in [-0.1, -0.05) is 37.6 Å². The summed E-state index contributed by atoms with van der Waals surface area (Å²) in [4.78, 5) is 0. The van der Waals surface area contributed by atoms with Gasteiger partial charge in [-0.05, 0) is 65.3 Å². The Morgan fingerprint density at radius 2 is 1.34 bits per heavy atom. The maximum atomic E-state index is 14.9. The first-order valence-electron chi connectivity index (χ1n) is 10.2. The molecule has 164 valence electrons. The fourth-order valence-corrected chi connectivity index (χ4v) is 3.79. The molecule has 0 radical (unpaired) electrons. The van der Waals surface area contributed by atoms with E-state index in [9.17, 15) is 26.3 Å². The van der Waals surface area contributed by atoms with Crippen molar-refractivity contribution in [1.29, 1.82) is 0 Å². The molecule has 0 fully saturated rings. The first kappa shape index (κ1) is 21.9. The Morgan fingerprint density at radius 3 is 2.00 bits per heavy atom. The third-order valence-corrected chi connectivity index (χ3v) is 5.47. The van der Waals surface area contributed by atoms with Crippen molar-refractivity contribution >= 4 is 10.8 Å². The molecule has 0 saturated carbocycles. The van der Waals surface area contributed by atoms with Gasteiger partial charge in [0, 0.05) is 10.9 Å². The van der Waals surface area contributed by atoms with Crippen LogP contribution in [0, 0.1) is 34.9 Å². The smallest absolute Gasteiger partial charge is 0.195 e. The fraction of sp³-hybridized carbons (Fsp3) is 0.154. The van der Waals surface area contributed by atoms with Gasteiger partial charge in [-0.2, -0.15) is 0 Å². The molecule has 0 aliphatic carbocycles. The zero-order valence-electron chi connectivity index (χ0n) is 17.1. The van der Waals surface area contributed by atoms with Gasteiger partial charge in [-0.15, -0.1) is 0 Å². The Kier molecular flexibility index (Phi) is 5.96. The Bertz CT molecular complexity index is 1300. The van der Waals surface area contributed by atoms with Crippen LogP contribution in [0.5, 0.6) is 0 Å². The highest BCUT2D eigenvalue weighted by atomic mass is 19.2. The molecule has 0 spiro atoms. The molecule has 0 aromatic heterocycles. The van der Waals surface area contributed by atoms with Gasteiger partial charge in [0.2, 0.25) is 0 Å². The highest BCUT2D eigenvalue weighted by Crippen LogP contribution is 2.34. The summed E-state index contributed by atoms with van der Waals surface area (Å²) in [5, 5.41) is -0.259. The first-order chi connectivity index (χ1) is 15.3. The predicted octanol–water partition coefficient (Wildman–Crippen LogP) is 8.35. The van der Waals surface area contributed by atoms with Crippen LogP contribution >= 0.6 is 0 Å².